The van der Waals surface area contributed by atoms with Gasteiger partial charge in [-0.05, 0) is 99.4 Å². The average molecular weight is 437 g/mol. The quantitative estimate of drug-likeness (QED) is 0.518. The Morgan fingerprint density at radius 1 is 1.09 bits per heavy atom. The largest absolute Gasteiger partial charge is 0.486 e. The molecule has 3 aromatic rings. The maximum atomic E-state index is 13.3. The second kappa shape index (κ2) is 10.0. The molecule has 0 saturated heterocycles. The van der Waals surface area contributed by atoms with Crippen molar-refractivity contribution in [2.45, 2.75) is 38.3 Å². The van der Waals surface area contributed by atoms with Gasteiger partial charge >= 0.3 is 0 Å². The molecule has 4 rings (SSSR count). The Morgan fingerprint density at radius 2 is 1.88 bits per heavy atom. The standard InChI is InChI=1S/C26H29FN2O3/c1-29(2)15-14-24(19-6-9-21(27)10-7-19)28-26(30)25-13-12-23(32-25)17-31-22-11-8-18-4-3-5-20(18)16-22/h6-13,16,24H,3-5,14-15,17H2,1-2H3,(H,28,30). The molecule has 0 bridgehead atoms. The van der Waals surface area contributed by atoms with Gasteiger partial charge in [0.25, 0.3) is 5.91 Å². The van der Waals surface area contributed by atoms with Crippen LogP contribution >= 0.6 is 0 Å². The van der Waals surface area contributed by atoms with E-state index in [9.17, 15) is 9.18 Å². The number of hydrogen-bond donors (Lipinski definition) is 1. The molecule has 32 heavy (non-hydrogen) atoms. The molecule has 1 atom stereocenters. The molecule has 0 fully saturated rings. The second-order valence-electron chi connectivity index (χ2n) is 8.51. The van der Waals surface area contributed by atoms with E-state index in [2.05, 4.69) is 17.4 Å². The molecular weight excluding hydrogens is 407 g/mol. The summed E-state index contributed by atoms with van der Waals surface area (Å²) < 4.78 is 24.9. The average Bonchev–Trinajstić information content (AvgIpc) is 3.44. The van der Waals surface area contributed by atoms with Crippen molar-refractivity contribution in [2.24, 2.45) is 0 Å². The normalized spacial score (nSPS) is 13.8. The monoisotopic (exact) mass is 436 g/mol. The van der Waals surface area contributed by atoms with Crippen LogP contribution in [0.1, 0.15) is 51.9 Å². The van der Waals surface area contributed by atoms with Crippen molar-refractivity contribution >= 4 is 5.91 Å². The summed E-state index contributed by atoms with van der Waals surface area (Å²) in [5.74, 6) is 1.03. The summed E-state index contributed by atoms with van der Waals surface area (Å²) in [7, 11) is 3.95. The minimum atomic E-state index is -0.304. The van der Waals surface area contributed by atoms with Crippen molar-refractivity contribution < 1.29 is 18.3 Å². The zero-order valence-electron chi connectivity index (χ0n) is 18.6. The van der Waals surface area contributed by atoms with Crippen molar-refractivity contribution in [3.05, 3.63) is 88.6 Å². The molecule has 1 N–H and O–H groups in total. The van der Waals surface area contributed by atoms with E-state index in [0.29, 0.717) is 12.2 Å². The Bertz CT molecular complexity index is 1060. The lowest BCUT2D eigenvalue weighted by atomic mass is 10.0. The summed E-state index contributed by atoms with van der Waals surface area (Å²) in [5.41, 5.74) is 3.61. The molecule has 1 aromatic heterocycles. The van der Waals surface area contributed by atoms with Gasteiger partial charge in [0, 0.05) is 0 Å². The first-order chi connectivity index (χ1) is 15.5. The first-order valence-electron chi connectivity index (χ1n) is 11.0. The van der Waals surface area contributed by atoms with E-state index in [1.54, 1.807) is 24.3 Å². The molecule has 6 heteroatoms. The lowest BCUT2D eigenvalue weighted by molar-refractivity contribution is 0.0900. The minimum Gasteiger partial charge on any atom is -0.486 e. The third-order valence-electron chi connectivity index (χ3n) is 5.78. The van der Waals surface area contributed by atoms with Crippen molar-refractivity contribution in [3.8, 4) is 5.75 Å². The van der Waals surface area contributed by atoms with E-state index >= 15 is 0 Å². The molecule has 5 nitrogen and oxygen atoms in total. The smallest absolute Gasteiger partial charge is 0.287 e. The van der Waals surface area contributed by atoms with Gasteiger partial charge in [-0.25, -0.2) is 4.39 Å². The Balaban J connectivity index is 1.38. The number of ether oxygens (including phenoxy) is 1. The van der Waals surface area contributed by atoms with Crippen LogP contribution in [0.4, 0.5) is 4.39 Å². The Labute approximate surface area is 188 Å². The molecule has 0 aliphatic heterocycles. The fourth-order valence-electron chi connectivity index (χ4n) is 4.00. The van der Waals surface area contributed by atoms with Gasteiger partial charge in [-0.1, -0.05) is 18.2 Å². The van der Waals surface area contributed by atoms with Crippen LogP contribution in [0.3, 0.4) is 0 Å². The maximum absolute atomic E-state index is 13.3. The number of rotatable bonds is 9. The summed E-state index contributed by atoms with van der Waals surface area (Å²) in [6.07, 6.45) is 4.13. The number of carbonyl (C=O) groups excluding carboxylic acids is 1. The molecule has 1 heterocycles. The van der Waals surface area contributed by atoms with Crippen LogP contribution in [0.2, 0.25) is 0 Å². The molecule has 1 amide bonds. The van der Waals surface area contributed by atoms with Gasteiger partial charge in [-0.15, -0.1) is 0 Å². The van der Waals surface area contributed by atoms with E-state index in [1.807, 2.05) is 25.1 Å². The molecule has 2 aromatic carbocycles. The van der Waals surface area contributed by atoms with Crippen LogP contribution in [0.15, 0.2) is 59.0 Å². The molecule has 1 unspecified atom stereocenters. The van der Waals surface area contributed by atoms with Crippen molar-refractivity contribution in [1.29, 1.82) is 0 Å². The number of hydrogen-bond acceptors (Lipinski definition) is 4. The van der Waals surface area contributed by atoms with E-state index in [-0.39, 0.29) is 30.1 Å². The summed E-state index contributed by atoms with van der Waals surface area (Å²) in [6, 6.07) is 15.6. The highest BCUT2D eigenvalue weighted by Crippen LogP contribution is 2.26. The lowest BCUT2D eigenvalue weighted by Crippen LogP contribution is -2.30. The predicted molar refractivity (Wildman–Crippen MR) is 121 cm³/mol. The highest BCUT2D eigenvalue weighted by atomic mass is 19.1. The topological polar surface area (TPSA) is 54.7 Å². The van der Waals surface area contributed by atoms with Gasteiger partial charge in [-0.3, -0.25) is 4.79 Å². The molecule has 0 saturated carbocycles. The number of fused-ring (bicyclic) bond motifs is 1. The number of carbonyl (C=O) groups is 1. The van der Waals surface area contributed by atoms with Crippen LogP contribution in [0.5, 0.6) is 5.75 Å². The molecule has 0 spiro atoms. The first-order valence-corrected chi connectivity index (χ1v) is 11.0. The van der Waals surface area contributed by atoms with Gasteiger partial charge in [0.2, 0.25) is 0 Å². The summed E-state index contributed by atoms with van der Waals surface area (Å²) in [4.78, 5) is 14.9. The highest BCUT2D eigenvalue weighted by molar-refractivity contribution is 5.91. The van der Waals surface area contributed by atoms with Gasteiger partial charge in [0.15, 0.2) is 5.76 Å². The SMILES string of the molecule is CN(C)CCC(NC(=O)c1ccc(COc2ccc3c(c2)CCC3)o1)c1ccc(F)cc1. The van der Waals surface area contributed by atoms with Crippen LogP contribution in [-0.2, 0) is 19.4 Å². The highest BCUT2D eigenvalue weighted by Gasteiger charge is 2.19. The maximum Gasteiger partial charge on any atom is 0.287 e. The van der Waals surface area contributed by atoms with Crippen LogP contribution in [0, 0.1) is 5.82 Å². The Hall–Kier alpha value is -3.12. The zero-order valence-corrected chi connectivity index (χ0v) is 18.6. The number of aryl methyl sites for hydroxylation is 2. The lowest BCUT2D eigenvalue weighted by Gasteiger charge is -2.21. The van der Waals surface area contributed by atoms with Gasteiger partial charge in [-0.2, -0.15) is 0 Å². The van der Waals surface area contributed by atoms with E-state index in [4.69, 9.17) is 9.15 Å². The number of nitrogens with zero attached hydrogens (tertiary/aromatic N) is 1. The fraction of sp³-hybridized carbons (Fsp3) is 0.346. The fourth-order valence-corrected chi connectivity index (χ4v) is 4.00. The van der Waals surface area contributed by atoms with Crippen LogP contribution < -0.4 is 10.1 Å². The van der Waals surface area contributed by atoms with E-state index in [0.717, 1.165) is 30.7 Å². The molecular formula is C26H29FN2O3. The first kappa shape index (κ1) is 22.1. The summed E-state index contributed by atoms with van der Waals surface area (Å²) >= 11 is 0. The molecule has 1 aliphatic carbocycles. The van der Waals surface area contributed by atoms with Crippen LogP contribution in [0.25, 0.3) is 0 Å². The number of nitrogens with one attached hydrogen (secondary N) is 1. The minimum absolute atomic E-state index is 0.231. The van der Waals surface area contributed by atoms with Gasteiger partial charge in [0.1, 0.15) is 23.9 Å². The molecule has 168 valence electrons. The van der Waals surface area contributed by atoms with Gasteiger partial charge in [0.05, 0.1) is 6.04 Å². The van der Waals surface area contributed by atoms with Crippen molar-refractivity contribution in [2.75, 3.05) is 20.6 Å². The molecule has 0 radical (unpaired) electrons. The third kappa shape index (κ3) is 5.56. The second-order valence-corrected chi connectivity index (χ2v) is 8.51. The Morgan fingerprint density at radius 3 is 2.66 bits per heavy atom. The van der Waals surface area contributed by atoms with Crippen molar-refractivity contribution in [1.82, 2.24) is 10.2 Å². The molecule has 1 aliphatic rings. The number of furan rings is 1. The zero-order chi connectivity index (χ0) is 22.5. The van der Waals surface area contributed by atoms with E-state index in [1.165, 1.54) is 29.7 Å². The van der Waals surface area contributed by atoms with Crippen molar-refractivity contribution in [3.63, 3.8) is 0 Å². The van der Waals surface area contributed by atoms with Crippen LogP contribution in [-0.4, -0.2) is 31.4 Å². The summed E-state index contributed by atoms with van der Waals surface area (Å²) in [5, 5.41) is 3.02. The van der Waals surface area contributed by atoms with Gasteiger partial charge < -0.3 is 19.4 Å². The third-order valence-corrected chi connectivity index (χ3v) is 5.78. The number of benzene rings is 2. The predicted octanol–water partition coefficient (Wildman–Crippen LogP) is 4.91. The summed E-state index contributed by atoms with van der Waals surface area (Å²) in [6.45, 7) is 1.04. The number of halogens is 1. The Kier molecular flexibility index (Phi) is 6.90. The number of amides is 1. The van der Waals surface area contributed by atoms with E-state index < -0.39 is 0 Å².